The fraction of sp³-hybridized carbons (Fsp3) is 0.167. The van der Waals surface area contributed by atoms with Gasteiger partial charge in [0.15, 0.2) is 0 Å². The molecule has 0 aliphatic carbocycles. The van der Waals surface area contributed by atoms with Gasteiger partial charge < -0.3 is 5.32 Å². The molecule has 0 aliphatic heterocycles. The number of rotatable bonds is 6. The van der Waals surface area contributed by atoms with E-state index in [0.29, 0.717) is 13.1 Å². The van der Waals surface area contributed by atoms with Crippen LogP contribution in [0.1, 0.15) is 11.1 Å². The number of nitrogens with two attached hydrogens (primary N) is 1. The molecule has 0 radical (unpaired) electrons. The fourth-order valence-corrected chi connectivity index (χ4v) is 3.05. The Morgan fingerprint density at radius 2 is 1.95 bits per heavy atom. The lowest BCUT2D eigenvalue weighted by Crippen LogP contribution is -2.15. The van der Waals surface area contributed by atoms with Crippen molar-refractivity contribution in [2.45, 2.75) is 18.0 Å². The predicted octanol–water partition coefficient (Wildman–Crippen LogP) is 1.59. The summed E-state index contributed by atoms with van der Waals surface area (Å²) in [6.07, 6.45) is 0. The highest BCUT2D eigenvalue weighted by atomic mass is 32.2. The molecule has 7 nitrogen and oxygen atoms in total. The van der Waals surface area contributed by atoms with Gasteiger partial charge in [-0.05, 0) is 23.3 Å². The van der Waals surface area contributed by atoms with Gasteiger partial charge in [0.2, 0.25) is 10.0 Å². The van der Waals surface area contributed by atoms with Crippen LogP contribution in [0.25, 0.3) is 0 Å². The van der Waals surface area contributed by atoms with Crippen LogP contribution in [0.15, 0.2) is 40.6 Å². The summed E-state index contributed by atoms with van der Waals surface area (Å²) in [5.74, 6) is 0. The molecule has 0 fully saturated rings. The van der Waals surface area contributed by atoms with Crippen LogP contribution in [-0.4, -0.2) is 13.3 Å². The van der Waals surface area contributed by atoms with Crippen LogP contribution >= 0.6 is 11.3 Å². The molecular weight excluding hydrogens is 314 g/mol. The zero-order chi connectivity index (χ0) is 15.5. The summed E-state index contributed by atoms with van der Waals surface area (Å²) >= 11 is 1.07. The van der Waals surface area contributed by atoms with Crippen LogP contribution in [-0.2, 0) is 23.1 Å². The van der Waals surface area contributed by atoms with E-state index in [1.54, 1.807) is 17.5 Å². The van der Waals surface area contributed by atoms with E-state index < -0.39 is 14.9 Å². The molecular formula is C12H13N3O4S2. The summed E-state index contributed by atoms with van der Waals surface area (Å²) < 4.78 is 22.5. The lowest BCUT2D eigenvalue weighted by molar-refractivity contribution is -0.380. The van der Waals surface area contributed by atoms with Gasteiger partial charge in [0.25, 0.3) is 0 Å². The monoisotopic (exact) mass is 327 g/mol. The Morgan fingerprint density at radius 3 is 2.57 bits per heavy atom. The molecule has 1 heterocycles. The Labute approximate surface area is 125 Å². The molecule has 112 valence electrons. The third-order valence-corrected chi connectivity index (χ3v) is 4.55. The number of hydrogen-bond donors (Lipinski definition) is 2. The van der Waals surface area contributed by atoms with Gasteiger partial charge in [-0.2, -0.15) is 0 Å². The zero-order valence-electron chi connectivity index (χ0n) is 10.9. The third kappa shape index (κ3) is 4.33. The second-order valence-corrected chi connectivity index (χ2v) is 6.80. The van der Waals surface area contributed by atoms with Crippen molar-refractivity contribution in [1.82, 2.24) is 5.32 Å². The van der Waals surface area contributed by atoms with Crippen LogP contribution in [0.5, 0.6) is 0 Å². The van der Waals surface area contributed by atoms with E-state index in [-0.39, 0.29) is 9.90 Å². The summed E-state index contributed by atoms with van der Waals surface area (Å²) in [5.41, 5.74) is 1.58. The van der Waals surface area contributed by atoms with Crippen LogP contribution < -0.4 is 10.5 Å². The number of benzene rings is 1. The van der Waals surface area contributed by atoms with Gasteiger partial charge in [0.1, 0.15) is 0 Å². The Balaban J connectivity index is 1.95. The van der Waals surface area contributed by atoms with Crippen LogP contribution in [0.4, 0.5) is 5.00 Å². The van der Waals surface area contributed by atoms with Gasteiger partial charge in [0, 0.05) is 24.5 Å². The molecule has 9 heteroatoms. The summed E-state index contributed by atoms with van der Waals surface area (Å²) in [6.45, 7) is 0.900. The molecule has 21 heavy (non-hydrogen) atoms. The van der Waals surface area contributed by atoms with Crippen molar-refractivity contribution in [2.75, 3.05) is 0 Å². The summed E-state index contributed by atoms with van der Waals surface area (Å²) in [7, 11) is -3.71. The number of nitrogens with zero attached hydrogens (tertiary/aromatic N) is 1. The molecule has 0 atom stereocenters. The summed E-state index contributed by atoms with van der Waals surface area (Å²) in [4.78, 5) is 10.2. The summed E-state index contributed by atoms with van der Waals surface area (Å²) in [6, 6.07) is 7.84. The second-order valence-electron chi connectivity index (χ2n) is 4.35. The smallest absolute Gasteiger partial charge is 0.309 e. The van der Waals surface area contributed by atoms with Crippen LogP contribution in [0.3, 0.4) is 0 Å². The van der Waals surface area contributed by atoms with Gasteiger partial charge >= 0.3 is 5.00 Å². The van der Waals surface area contributed by atoms with E-state index in [4.69, 9.17) is 5.14 Å². The maximum Gasteiger partial charge on any atom is 0.324 e. The Bertz CT molecular complexity index is 755. The first kappa shape index (κ1) is 15.6. The molecule has 1 aromatic heterocycles. The largest absolute Gasteiger partial charge is 0.324 e. The minimum Gasteiger partial charge on any atom is -0.309 e. The topological polar surface area (TPSA) is 115 Å². The minimum atomic E-state index is -3.71. The number of sulfonamides is 1. The minimum absolute atomic E-state index is 0.0629. The summed E-state index contributed by atoms with van der Waals surface area (Å²) in [5, 5.41) is 20.5. The number of thiophene rings is 1. The first-order chi connectivity index (χ1) is 9.86. The number of nitrogens with one attached hydrogen (secondary N) is 1. The molecule has 1 aromatic carbocycles. The lowest BCUT2D eigenvalue weighted by atomic mass is 10.2. The molecule has 0 bridgehead atoms. The van der Waals surface area contributed by atoms with Crippen molar-refractivity contribution in [2.24, 2.45) is 5.14 Å². The molecule has 0 spiro atoms. The lowest BCUT2D eigenvalue weighted by Gasteiger charge is -2.05. The van der Waals surface area contributed by atoms with Crippen molar-refractivity contribution >= 4 is 26.4 Å². The second kappa shape index (κ2) is 6.31. The molecule has 0 aliphatic rings. The van der Waals surface area contributed by atoms with Gasteiger partial charge in [-0.25, -0.2) is 13.6 Å². The van der Waals surface area contributed by atoms with Gasteiger partial charge in [0.05, 0.1) is 9.82 Å². The first-order valence-electron chi connectivity index (χ1n) is 5.90. The highest BCUT2D eigenvalue weighted by Crippen LogP contribution is 2.22. The quantitative estimate of drug-likeness (QED) is 0.617. The van der Waals surface area contributed by atoms with Crippen LogP contribution in [0, 0.1) is 10.1 Å². The van der Waals surface area contributed by atoms with E-state index in [1.807, 2.05) is 0 Å². The van der Waals surface area contributed by atoms with Gasteiger partial charge in [-0.1, -0.05) is 23.5 Å². The number of primary sulfonamides is 1. The molecule has 0 amide bonds. The van der Waals surface area contributed by atoms with E-state index in [1.165, 1.54) is 18.2 Å². The van der Waals surface area contributed by atoms with Crippen molar-refractivity contribution in [3.8, 4) is 0 Å². The molecule has 0 unspecified atom stereocenters. The average Bonchev–Trinajstić information content (AvgIpc) is 2.87. The average molecular weight is 327 g/mol. The van der Waals surface area contributed by atoms with E-state index in [0.717, 1.165) is 22.5 Å². The normalized spacial score (nSPS) is 11.5. The highest BCUT2D eigenvalue weighted by molar-refractivity contribution is 7.89. The molecule has 0 saturated carbocycles. The maximum atomic E-state index is 11.2. The van der Waals surface area contributed by atoms with Crippen molar-refractivity contribution in [3.05, 3.63) is 57.0 Å². The fourth-order valence-electron chi connectivity index (χ4n) is 1.73. The predicted molar refractivity (Wildman–Crippen MR) is 79.3 cm³/mol. The molecule has 0 saturated heterocycles. The van der Waals surface area contributed by atoms with Crippen molar-refractivity contribution in [3.63, 3.8) is 0 Å². The Morgan fingerprint density at radius 1 is 1.24 bits per heavy atom. The van der Waals surface area contributed by atoms with E-state index in [9.17, 15) is 18.5 Å². The zero-order valence-corrected chi connectivity index (χ0v) is 12.5. The van der Waals surface area contributed by atoms with Crippen LogP contribution in [0.2, 0.25) is 0 Å². The maximum absolute atomic E-state index is 11.2. The standard InChI is InChI=1S/C12H13N3O4S2/c13-21(18,19)11-3-1-2-9(4-11)6-14-7-10-5-12(15(16)17)20-8-10/h1-5,8,14H,6-7H2,(H2,13,18,19). The SMILES string of the molecule is NS(=O)(=O)c1cccc(CNCc2csc([N+](=O)[O-])c2)c1. The van der Waals surface area contributed by atoms with Gasteiger partial charge in [-0.15, -0.1) is 0 Å². The molecule has 2 aromatic rings. The highest BCUT2D eigenvalue weighted by Gasteiger charge is 2.10. The number of hydrogen-bond acceptors (Lipinski definition) is 6. The van der Waals surface area contributed by atoms with Crippen molar-refractivity contribution < 1.29 is 13.3 Å². The Hall–Kier alpha value is -1.81. The van der Waals surface area contributed by atoms with Crippen molar-refractivity contribution in [1.29, 1.82) is 0 Å². The van der Waals surface area contributed by atoms with E-state index in [2.05, 4.69) is 5.32 Å². The molecule has 2 rings (SSSR count). The molecule has 3 N–H and O–H groups in total. The Kier molecular flexibility index (Phi) is 4.68. The van der Waals surface area contributed by atoms with E-state index >= 15 is 0 Å². The van der Waals surface area contributed by atoms with Gasteiger partial charge in [-0.3, -0.25) is 10.1 Å². The first-order valence-corrected chi connectivity index (χ1v) is 8.33. The number of nitro groups is 1. The third-order valence-electron chi connectivity index (χ3n) is 2.71.